The topological polar surface area (TPSA) is 67.9 Å². The number of amides is 2. The van der Waals surface area contributed by atoms with Crippen molar-refractivity contribution in [2.75, 3.05) is 26.3 Å². The van der Waals surface area contributed by atoms with Gasteiger partial charge in [-0.2, -0.15) is 0 Å². The standard InChI is InChI=1S/C21H30N2O4/c1-3-5-20(24)23-10-8-16(9-11-23)21(25)22-15(2)17-6-7-18-19(14-17)27-13-4-12-26-18/h6-7,14-16H,3-5,8-13H2,1-2H3,(H,22,25). The minimum Gasteiger partial charge on any atom is -0.490 e. The van der Waals surface area contributed by atoms with Crippen LogP contribution in [0.5, 0.6) is 11.5 Å². The van der Waals surface area contributed by atoms with Gasteiger partial charge in [-0.3, -0.25) is 9.59 Å². The van der Waals surface area contributed by atoms with Crippen molar-refractivity contribution in [2.45, 2.75) is 52.0 Å². The van der Waals surface area contributed by atoms with Crippen molar-refractivity contribution in [3.05, 3.63) is 23.8 Å². The van der Waals surface area contributed by atoms with E-state index in [9.17, 15) is 9.59 Å². The zero-order chi connectivity index (χ0) is 19.2. The molecule has 0 radical (unpaired) electrons. The molecular formula is C21H30N2O4. The highest BCUT2D eigenvalue weighted by atomic mass is 16.5. The Morgan fingerprint density at radius 1 is 1.19 bits per heavy atom. The molecule has 1 atom stereocenters. The molecule has 2 aliphatic heterocycles. The van der Waals surface area contributed by atoms with Gasteiger partial charge in [-0.15, -0.1) is 0 Å². The number of hydrogen-bond acceptors (Lipinski definition) is 4. The second-order valence-corrected chi connectivity index (χ2v) is 7.39. The van der Waals surface area contributed by atoms with E-state index in [-0.39, 0.29) is 23.8 Å². The number of carbonyl (C=O) groups excluding carboxylic acids is 2. The summed E-state index contributed by atoms with van der Waals surface area (Å²) < 4.78 is 11.4. The van der Waals surface area contributed by atoms with Crippen LogP contribution in [-0.2, 0) is 9.59 Å². The SMILES string of the molecule is CCCC(=O)N1CCC(C(=O)NC(C)c2ccc3c(c2)OCCCO3)CC1. The van der Waals surface area contributed by atoms with Crippen molar-refractivity contribution >= 4 is 11.8 Å². The van der Waals surface area contributed by atoms with Crippen LogP contribution in [0.25, 0.3) is 0 Å². The van der Waals surface area contributed by atoms with Crippen molar-refractivity contribution in [1.29, 1.82) is 0 Å². The maximum absolute atomic E-state index is 12.7. The molecule has 0 spiro atoms. The number of likely N-dealkylation sites (tertiary alicyclic amines) is 1. The van der Waals surface area contributed by atoms with Gasteiger partial charge in [-0.25, -0.2) is 0 Å². The predicted molar refractivity (Wildman–Crippen MR) is 103 cm³/mol. The van der Waals surface area contributed by atoms with Gasteiger partial charge in [0.15, 0.2) is 11.5 Å². The smallest absolute Gasteiger partial charge is 0.223 e. The molecule has 0 saturated carbocycles. The monoisotopic (exact) mass is 374 g/mol. The summed E-state index contributed by atoms with van der Waals surface area (Å²) in [5, 5.41) is 3.12. The van der Waals surface area contributed by atoms with Crippen molar-refractivity contribution in [3.8, 4) is 11.5 Å². The summed E-state index contributed by atoms with van der Waals surface area (Å²) in [6.07, 6.45) is 3.80. The molecule has 0 aliphatic carbocycles. The van der Waals surface area contributed by atoms with Crippen LogP contribution in [0.3, 0.4) is 0 Å². The Morgan fingerprint density at radius 3 is 2.59 bits per heavy atom. The average Bonchev–Trinajstić information content (AvgIpc) is 2.93. The van der Waals surface area contributed by atoms with Crippen LogP contribution < -0.4 is 14.8 Å². The van der Waals surface area contributed by atoms with Crippen LogP contribution >= 0.6 is 0 Å². The van der Waals surface area contributed by atoms with Gasteiger partial charge in [-0.05, 0) is 43.9 Å². The van der Waals surface area contributed by atoms with E-state index in [1.807, 2.05) is 36.9 Å². The van der Waals surface area contributed by atoms with Crippen molar-refractivity contribution in [2.24, 2.45) is 5.92 Å². The van der Waals surface area contributed by atoms with Crippen LogP contribution in [0.2, 0.25) is 0 Å². The first kappa shape index (κ1) is 19.5. The Kier molecular flexibility index (Phi) is 6.58. The fraction of sp³-hybridized carbons (Fsp3) is 0.619. The average molecular weight is 374 g/mol. The van der Waals surface area contributed by atoms with E-state index in [0.29, 0.717) is 32.7 Å². The van der Waals surface area contributed by atoms with Crippen molar-refractivity contribution < 1.29 is 19.1 Å². The number of nitrogens with one attached hydrogen (secondary N) is 1. The van der Waals surface area contributed by atoms with Crippen molar-refractivity contribution in [3.63, 3.8) is 0 Å². The molecule has 1 unspecified atom stereocenters. The maximum Gasteiger partial charge on any atom is 0.223 e. The molecule has 6 nitrogen and oxygen atoms in total. The van der Waals surface area contributed by atoms with E-state index in [4.69, 9.17) is 9.47 Å². The summed E-state index contributed by atoms with van der Waals surface area (Å²) in [6, 6.07) is 5.74. The second-order valence-electron chi connectivity index (χ2n) is 7.39. The molecule has 1 aromatic rings. The molecule has 1 fully saturated rings. The highest BCUT2D eigenvalue weighted by Crippen LogP contribution is 2.32. The van der Waals surface area contributed by atoms with Crippen LogP contribution in [0, 0.1) is 5.92 Å². The normalized spacial score (nSPS) is 18.5. The Balaban J connectivity index is 1.54. The van der Waals surface area contributed by atoms with Gasteiger partial charge in [0.25, 0.3) is 0 Å². The van der Waals surface area contributed by atoms with E-state index >= 15 is 0 Å². The molecule has 148 valence electrons. The fourth-order valence-corrected chi connectivity index (χ4v) is 3.63. The molecule has 6 heteroatoms. The highest BCUT2D eigenvalue weighted by molar-refractivity contribution is 5.80. The van der Waals surface area contributed by atoms with Crippen molar-refractivity contribution in [1.82, 2.24) is 10.2 Å². The Bertz CT molecular complexity index is 668. The summed E-state index contributed by atoms with van der Waals surface area (Å²) in [7, 11) is 0. The number of rotatable bonds is 5. The van der Waals surface area contributed by atoms with Crippen LogP contribution in [0.15, 0.2) is 18.2 Å². The molecule has 0 aromatic heterocycles. The minimum absolute atomic E-state index is 0.0291. The molecule has 27 heavy (non-hydrogen) atoms. The van der Waals surface area contributed by atoms with Crippen LogP contribution in [0.1, 0.15) is 57.6 Å². The first-order valence-electron chi connectivity index (χ1n) is 10.1. The summed E-state index contributed by atoms with van der Waals surface area (Å²) >= 11 is 0. The van der Waals surface area contributed by atoms with Crippen LogP contribution in [0.4, 0.5) is 0 Å². The zero-order valence-electron chi connectivity index (χ0n) is 16.3. The highest BCUT2D eigenvalue weighted by Gasteiger charge is 2.28. The number of hydrogen-bond donors (Lipinski definition) is 1. The third-order valence-electron chi connectivity index (χ3n) is 5.31. The van der Waals surface area contributed by atoms with E-state index in [2.05, 4.69) is 5.32 Å². The summed E-state index contributed by atoms with van der Waals surface area (Å²) in [4.78, 5) is 26.5. The Hall–Kier alpha value is -2.24. The third-order valence-corrected chi connectivity index (χ3v) is 5.31. The lowest BCUT2D eigenvalue weighted by molar-refractivity contribution is -0.135. The summed E-state index contributed by atoms with van der Waals surface area (Å²) in [5.41, 5.74) is 1.00. The van der Waals surface area contributed by atoms with Gasteiger partial charge in [0.2, 0.25) is 11.8 Å². The van der Waals surface area contributed by atoms with E-state index in [0.717, 1.165) is 42.7 Å². The quantitative estimate of drug-likeness (QED) is 0.860. The van der Waals surface area contributed by atoms with Crippen LogP contribution in [-0.4, -0.2) is 43.0 Å². The number of fused-ring (bicyclic) bond motifs is 1. The first-order valence-corrected chi connectivity index (χ1v) is 10.1. The molecule has 1 aromatic carbocycles. The second kappa shape index (κ2) is 9.11. The molecule has 1 N–H and O–H groups in total. The number of nitrogens with zero attached hydrogens (tertiary/aromatic N) is 1. The Labute approximate surface area is 161 Å². The predicted octanol–water partition coefficient (Wildman–Crippen LogP) is 3.06. The van der Waals surface area contributed by atoms with Gasteiger partial charge >= 0.3 is 0 Å². The lowest BCUT2D eigenvalue weighted by Crippen LogP contribution is -2.43. The van der Waals surface area contributed by atoms with Gasteiger partial charge in [0.05, 0.1) is 19.3 Å². The number of benzene rings is 1. The molecule has 2 aliphatic rings. The number of carbonyl (C=O) groups is 2. The largest absolute Gasteiger partial charge is 0.490 e. The van der Waals surface area contributed by atoms with E-state index in [1.54, 1.807) is 0 Å². The lowest BCUT2D eigenvalue weighted by Gasteiger charge is -2.32. The maximum atomic E-state index is 12.7. The van der Waals surface area contributed by atoms with E-state index in [1.165, 1.54) is 0 Å². The van der Waals surface area contributed by atoms with Gasteiger partial charge in [0, 0.05) is 31.8 Å². The molecule has 2 amide bonds. The molecule has 1 saturated heterocycles. The van der Waals surface area contributed by atoms with E-state index < -0.39 is 0 Å². The minimum atomic E-state index is -0.102. The molecular weight excluding hydrogens is 344 g/mol. The Morgan fingerprint density at radius 2 is 1.89 bits per heavy atom. The lowest BCUT2D eigenvalue weighted by atomic mass is 9.95. The zero-order valence-corrected chi connectivity index (χ0v) is 16.3. The fourth-order valence-electron chi connectivity index (χ4n) is 3.63. The summed E-state index contributed by atoms with van der Waals surface area (Å²) in [6.45, 7) is 6.66. The van der Waals surface area contributed by atoms with Gasteiger partial charge in [0.1, 0.15) is 0 Å². The first-order chi connectivity index (χ1) is 13.1. The summed E-state index contributed by atoms with van der Waals surface area (Å²) in [5.74, 6) is 1.75. The van der Waals surface area contributed by atoms with Gasteiger partial charge in [-0.1, -0.05) is 13.0 Å². The molecule has 3 rings (SSSR count). The molecule has 2 heterocycles. The molecule has 0 bridgehead atoms. The van der Waals surface area contributed by atoms with Gasteiger partial charge < -0.3 is 19.7 Å². The number of piperidine rings is 1. The number of ether oxygens (including phenoxy) is 2. The third kappa shape index (κ3) is 4.93.